The molecule has 4 saturated carbocycles. The summed E-state index contributed by atoms with van der Waals surface area (Å²) in [6, 6.07) is 0. The van der Waals surface area contributed by atoms with Gasteiger partial charge in [0.2, 0.25) is 8.32 Å². The standard InChI is InChI=1S/C24H36O5Si/c1-15-12-23-13-16(15)8-9-18(23)24(21(27)29-30(4,5)6)11-7-10-22(2,20(26)28-3)19(24)17(23)14-25/h14,16-19H,1,7-13H2,2-6H3/t16?,17-,18+,19+,22+,23+,24+/m0/s1. The lowest BCUT2D eigenvalue weighted by Crippen LogP contribution is -2.56. The summed E-state index contributed by atoms with van der Waals surface area (Å²) in [5.41, 5.74) is -0.702. The molecule has 0 saturated heterocycles. The third-order valence-corrected chi connectivity index (χ3v) is 9.81. The van der Waals surface area contributed by atoms with Crippen LogP contribution in [0.2, 0.25) is 19.6 Å². The summed E-state index contributed by atoms with van der Waals surface area (Å²) in [5, 5.41) is 0. The second-order valence-corrected chi connectivity index (χ2v) is 16.0. The number of methoxy groups -OCH3 is 1. The molecule has 4 aliphatic rings. The average Bonchev–Trinajstić information content (AvgIpc) is 3.08. The third kappa shape index (κ3) is 2.68. The summed E-state index contributed by atoms with van der Waals surface area (Å²) in [6.45, 7) is 12.3. The smallest absolute Gasteiger partial charge is 0.311 e. The second-order valence-electron chi connectivity index (χ2n) is 11.5. The molecule has 4 aliphatic carbocycles. The number of hydrogen-bond donors (Lipinski definition) is 0. The van der Waals surface area contributed by atoms with E-state index in [1.807, 2.05) is 26.6 Å². The molecular weight excluding hydrogens is 396 g/mol. The molecule has 0 aromatic carbocycles. The number of carbonyl (C=O) groups is 3. The van der Waals surface area contributed by atoms with Crippen molar-refractivity contribution in [2.24, 2.45) is 39.9 Å². The Morgan fingerprint density at radius 3 is 2.47 bits per heavy atom. The molecule has 0 radical (unpaired) electrons. The van der Waals surface area contributed by atoms with E-state index in [-0.39, 0.29) is 35.1 Å². The molecule has 0 amide bonds. The lowest BCUT2D eigenvalue weighted by atomic mass is 9.52. The second kappa shape index (κ2) is 6.78. The Bertz CT molecular complexity index is 800. The normalized spacial score (nSPS) is 44.8. The Morgan fingerprint density at radius 2 is 1.87 bits per heavy atom. The maximum atomic E-state index is 14.0. The van der Waals surface area contributed by atoms with E-state index in [0.717, 1.165) is 38.4 Å². The molecule has 7 atom stereocenters. The van der Waals surface area contributed by atoms with E-state index in [4.69, 9.17) is 9.16 Å². The van der Waals surface area contributed by atoms with Gasteiger partial charge in [-0.25, -0.2) is 0 Å². The first-order valence-corrected chi connectivity index (χ1v) is 14.8. The van der Waals surface area contributed by atoms with Crippen molar-refractivity contribution in [3.05, 3.63) is 12.2 Å². The molecule has 0 aliphatic heterocycles. The lowest BCUT2D eigenvalue weighted by Gasteiger charge is -2.51. The monoisotopic (exact) mass is 432 g/mol. The van der Waals surface area contributed by atoms with Crippen LogP contribution < -0.4 is 0 Å². The van der Waals surface area contributed by atoms with E-state index in [2.05, 4.69) is 6.58 Å². The molecule has 0 heterocycles. The maximum Gasteiger partial charge on any atom is 0.311 e. The Balaban J connectivity index is 1.94. The number of carbonyl (C=O) groups excluding carboxylic acids is 3. The Morgan fingerprint density at radius 1 is 1.17 bits per heavy atom. The number of esters is 1. The zero-order chi connectivity index (χ0) is 22.1. The van der Waals surface area contributed by atoms with Crippen LogP contribution in [0.3, 0.4) is 0 Å². The summed E-state index contributed by atoms with van der Waals surface area (Å²) in [4.78, 5) is 39.9. The molecule has 0 aromatic rings. The number of ether oxygens (including phenoxy) is 1. The average molecular weight is 433 g/mol. The summed E-state index contributed by atoms with van der Waals surface area (Å²) in [7, 11) is -0.739. The highest BCUT2D eigenvalue weighted by molar-refractivity contribution is 6.71. The predicted molar refractivity (Wildman–Crippen MR) is 116 cm³/mol. The van der Waals surface area contributed by atoms with Crippen molar-refractivity contribution in [3.63, 3.8) is 0 Å². The van der Waals surface area contributed by atoms with Gasteiger partial charge in [0, 0.05) is 11.8 Å². The summed E-state index contributed by atoms with van der Waals surface area (Å²) in [5.74, 6) is -0.684. The van der Waals surface area contributed by atoms with Crippen LogP contribution >= 0.6 is 0 Å². The number of allylic oxidation sites excluding steroid dienone is 1. The highest BCUT2D eigenvalue weighted by atomic mass is 28.4. The minimum atomic E-state index is -2.15. The molecule has 1 spiro atoms. The summed E-state index contributed by atoms with van der Waals surface area (Å²) < 4.78 is 11.4. The van der Waals surface area contributed by atoms with E-state index in [1.54, 1.807) is 0 Å². The molecule has 0 N–H and O–H groups in total. The van der Waals surface area contributed by atoms with Gasteiger partial charge in [0.1, 0.15) is 6.29 Å². The van der Waals surface area contributed by atoms with Crippen LogP contribution in [0.15, 0.2) is 12.2 Å². The fraction of sp³-hybridized carbons (Fsp3) is 0.792. The predicted octanol–water partition coefficient (Wildman–Crippen LogP) is 4.52. The van der Waals surface area contributed by atoms with Crippen molar-refractivity contribution in [2.45, 2.75) is 71.5 Å². The van der Waals surface area contributed by atoms with Crippen LogP contribution in [0, 0.1) is 39.9 Å². The van der Waals surface area contributed by atoms with Crippen LogP contribution in [-0.2, 0) is 23.5 Å². The van der Waals surface area contributed by atoms with Crippen LogP contribution in [0.1, 0.15) is 51.9 Å². The van der Waals surface area contributed by atoms with Crippen molar-refractivity contribution in [1.82, 2.24) is 0 Å². The highest BCUT2D eigenvalue weighted by Crippen LogP contribution is 2.77. The van der Waals surface area contributed by atoms with Gasteiger partial charge in [0.25, 0.3) is 5.97 Å². The first-order valence-electron chi connectivity index (χ1n) is 11.4. The van der Waals surface area contributed by atoms with Gasteiger partial charge in [0.15, 0.2) is 0 Å². The van der Waals surface area contributed by atoms with Gasteiger partial charge in [-0.05, 0) is 82.3 Å². The molecule has 4 fully saturated rings. The fourth-order valence-corrected chi connectivity index (χ4v) is 8.96. The Kier molecular flexibility index (Phi) is 4.92. The lowest BCUT2D eigenvalue weighted by molar-refractivity contribution is -0.176. The quantitative estimate of drug-likeness (QED) is 0.283. The minimum absolute atomic E-state index is 0.0637. The molecule has 30 heavy (non-hydrogen) atoms. The van der Waals surface area contributed by atoms with Gasteiger partial charge in [-0.2, -0.15) is 0 Å². The molecule has 0 aromatic heterocycles. The summed E-state index contributed by atoms with van der Waals surface area (Å²) in [6.07, 6.45) is 6.80. The van der Waals surface area contributed by atoms with E-state index in [0.29, 0.717) is 18.8 Å². The van der Waals surface area contributed by atoms with Gasteiger partial charge >= 0.3 is 5.97 Å². The molecule has 2 bridgehead atoms. The topological polar surface area (TPSA) is 69.7 Å². The Labute approximate surface area is 181 Å². The van der Waals surface area contributed by atoms with Gasteiger partial charge in [-0.1, -0.05) is 18.6 Å². The molecule has 4 rings (SSSR count). The van der Waals surface area contributed by atoms with Crippen molar-refractivity contribution in [3.8, 4) is 0 Å². The van der Waals surface area contributed by atoms with Crippen LogP contribution in [0.25, 0.3) is 0 Å². The Hall–Kier alpha value is -1.43. The summed E-state index contributed by atoms with van der Waals surface area (Å²) >= 11 is 0. The van der Waals surface area contributed by atoms with Crippen LogP contribution in [-0.4, -0.2) is 33.7 Å². The van der Waals surface area contributed by atoms with Crippen molar-refractivity contribution >= 4 is 26.5 Å². The van der Waals surface area contributed by atoms with Gasteiger partial charge in [0.05, 0.1) is 17.9 Å². The molecule has 1 unspecified atom stereocenters. The third-order valence-electron chi connectivity index (χ3n) is 9.01. The molecule has 6 heteroatoms. The number of fused-ring (bicyclic) bond motifs is 3. The first-order chi connectivity index (χ1) is 14.0. The first kappa shape index (κ1) is 21.8. The molecule has 5 nitrogen and oxygen atoms in total. The SMILES string of the molecule is C=C1C[C@]23CC1CC[C@H]2[C@]1(C(=O)O[Si](C)(C)C)CCC[C@@](C)(C(=O)OC)[C@H]1[C@@H]3C=O. The minimum Gasteiger partial charge on any atom is -0.519 e. The zero-order valence-corrected chi connectivity index (χ0v) is 20.1. The van der Waals surface area contributed by atoms with E-state index in [1.165, 1.54) is 12.7 Å². The van der Waals surface area contributed by atoms with E-state index >= 15 is 0 Å². The van der Waals surface area contributed by atoms with Crippen LogP contribution in [0.5, 0.6) is 0 Å². The van der Waals surface area contributed by atoms with Crippen molar-refractivity contribution in [1.29, 1.82) is 0 Å². The van der Waals surface area contributed by atoms with Gasteiger partial charge in [-0.15, -0.1) is 0 Å². The maximum absolute atomic E-state index is 14.0. The highest BCUT2D eigenvalue weighted by Gasteiger charge is 2.77. The molecule has 166 valence electrons. The van der Waals surface area contributed by atoms with Crippen molar-refractivity contribution < 1.29 is 23.5 Å². The zero-order valence-electron chi connectivity index (χ0n) is 19.1. The molecular formula is C24H36O5Si. The fourth-order valence-electron chi connectivity index (χ4n) is 8.21. The van der Waals surface area contributed by atoms with Crippen molar-refractivity contribution in [2.75, 3.05) is 7.11 Å². The number of rotatable bonds is 4. The van der Waals surface area contributed by atoms with E-state index < -0.39 is 19.1 Å². The van der Waals surface area contributed by atoms with Crippen LogP contribution in [0.4, 0.5) is 0 Å². The number of hydrogen-bond acceptors (Lipinski definition) is 5. The largest absolute Gasteiger partial charge is 0.519 e. The van der Waals surface area contributed by atoms with Gasteiger partial charge in [-0.3, -0.25) is 9.59 Å². The number of aldehydes is 1. The van der Waals surface area contributed by atoms with Gasteiger partial charge < -0.3 is 14.0 Å². The van der Waals surface area contributed by atoms with E-state index in [9.17, 15) is 14.4 Å².